The molecule has 142 valence electrons. The van der Waals surface area contributed by atoms with Crippen LogP contribution >= 0.6 is 24.0 Å². The first-order chi connectivity index (χ1) is 12.7. The molecule has 6 heteroatoms. The number of aliphatic imine (C=N–C) groups is 1. The average molecular weight is 476 g/mol. The Morgan fingerprint density at radius 2 is 1.93 bits per heavy atom. The number of carbonyl (C=O) groups excluding carboxylic acids is 1. The lowest BCUT2D eigenvalue weighted by molar-refractivity contribution is -0.117. The number of hydrogen-bond acceptors (Lipinski definition) is 2. The molecule has 2 aromatic carbocycles. The number of nitrogens with two attached hydrogens (primary N) is 1. The van der Waals surface area contributed by atoms with Gasteiger partial charge in [0, 0.05) is 24.3 Å². The number of carbonyl (C=O) groups is 1. The van der Waals surface area contributed by atoms with Gasteiger partial charge >= 0.3 is 0 Å². The van der Waals surface area contributed by atoms with Crippen molar-refractivity contribution in [2.24, 2.45) is 10.7 Å². The molecule has 0 atom stereocenters. The van der Waals surface area contributed by atoms with E-state index in [4.69, 9.17) is 5.73 Å². The highest BCUT2D eigenvalue weighted by Gasteiger charge is 2.21. The molecule has 0 aromatic heterocycles. The Kier molecular flexibility index (Phi) is 6.36. The number of benzene rings is 2. The summed E-state index contributed by atoms with van der Waals surface area (Å²) >= 11 is 0. The topological polar surface area (TPSA) is 70.7 Å². The maximum atomic E-state index is 11.9. The van der Waals surface area contributed by atoms with Gasteiger partial charge in [0.15, 0.2) is 5.96 Å². The van der Waals surface area contributed by atoms with Crippen molar-refractivity contribution >= 4 is 47.2 Å². The van der Waals surface area contributed by atoms with Crippen LogP contribution in [-0.4, -0.2) is 18.4 Å². The Bertz CT molecular complexity index is 865. The normalized spacial score (nSPS) is 16.2. The summed E-state index contributed by atoms with van der Waals surface area (Å²) in [5.74, 6) is 0.606. The number of halogens is 1. The predicted molar refractivity (Wildman–Crippen MR) is 121 cm³/mol. The van der Waals surface area contributed by atoms with Gasteiger partial charge in [0.25, 0.3) is 0 Å². The number of anilines is 2. The van der Waals surface area contributed by atoms with Crippen LogP contribution in [0.2, 0.25) is 0 Å². The minimum atomic E-state index is 0. The zero-order valence-electron chi connectivity index (χ0n) is 15.3. The lowest BCUT2D eigenvalue weighted by Crippen LogP contribution is -2.24. The molecule has 27 heavy (non-hydrogen) atoms. The van der Waals surface area contributed by atoms with E-state index in [9.17, 15) is 4.79 Å². The van der Waals surface area contributed by atoms with Crippen molar-refractivity contribution < 1.29 is 4.79 Å². The van der Waals surface area contributed by atoms with Crippen LogP contribution in [-0.2, 0) is 24.2 Å². The molecule has 1 aliphatic carbocycles. The summed E-state index contributed by atoms with van der Waals surface area (Å²) < 4.78 is 0. The molecule has 2 aliphatic rings. The summed E-state index contributed by atoms with van der Waals surface area (Å²) in [6.07, 6.45) is 5.12. The standard InChI is InChI=1S/C21H24N4O.HI/c22-21(24-18-10-9-16-5-2-6-17(16)13-18)23-14-15-4-1-7-19(12-15)25-11-3-8-20(25)26;/h1,4,7,9-10,12-13H,2-3,5-6,8,11,14H2,(H3,22,23,24);1H. The third-order valence-electron chi connectivity index (χ3n) is 5.10. The monoisotopic (exact) mass is 476 g/mol. The van der Waals surface area contributed by atoms with Crippen LogP contribution in [0.1, 0.15) is 36.0 Å². The lowest BCUT2D eigenvalue weighted by atomic mass is 10.1. The van der Waals surface area contributed by atoms with Gasteiger partial charge < -0.3 is 16.0 Å². The second kappa shape index (κ2) is 8.73. The Morgan fingerprint density at radius 3 is 2.74 bits per heavy atom. The molecule has 0 radical (unpaired) electrons. The Balaban J connectivity index is 0.00000210. The van der Waals surface area contributed by atoms with Crippen LogP contribution in [0, 0.1) is 0 Å². The third kappa shape index (κ3) is 4.61. The van der Waals surface area contributed by atoms with Crippen molar-refractivity contribution in [2.75, 3.05) is 16.8 Å². The quantitative estimate of drug-likeness (QED) is 0.400. The maximum absolute atomic E-state index is 11.9. The van der Waals surface area contributed by atoms with Crippen LogP contribution in [0.5, 0.6) is 0 Å². The van der Waals surface area contributed by atoms with Crippen molar-refractivity contribution in [1.82, 2.24) is 0 Å². The van der Waals surface area contributed by atoms with Gasteiger partial charge in [-0.15, -0.1) is 24.0 Å². The minimum absolute atomic E-state index is 0. The van der Waals surface area contributed by atoms with Crippen LogP contribution < -0.4 is 16.0 Å². The molecule has 5 nitrogen and oxygen atoms in total. The fourth-order valence-electron chi connectivity index (χ4n) is 3.76. The highest BCUT2D eigenvalue weighted by Crippen LogP contribution is 2.25. The van der Waals surface area contributed by atoms with Gasteiger partial charge in [-0.3, -0.25) is 4.79 Å². The van der Waals surface area contributed by atoms with Gasteiger partial charge in [0.2, 0.25) is 5.91 Å². The first-order valence-electron chi connectivity index (χ1n) is 9.27. The van der Waals surface area contributed by atoms with E-state index in [0.717, 1.165) is 36.3 Å². The van der Waals surface area contributed by atoms with Crippen LogP contribution in [0.15, 0.2) is 47.5 Å². The van der Waals surface area contributed by atoms with E-state index >= 15 is 0 Å². The fourth-order valence-corrected chi connectivity index (χ4v) is 3.76. The highest BCUT2D eigenvalue weighted by molar-refractivity contribution is 14.0. The summed E-state index contributed by atoms with van der Waals surface area (Å²) in [5.41, 5.74) is 11.9. The summed E-state index contributed by atoms with van der Waals surface area (Å²) in [6.45, 7) is 1.28. The molecule has 4 rings (SSSR count). The molecule has 2 aromatic rings. The van der Waals surface area contributed by atoms with Gasteiger partial charge in [-0.2, -0.15) is 0 Å². The first kappa shape index (κ1) is 19.7. The summed E-state index contributed by atoms with van der Waals surface area (Å²) in [6, 6.07) is 14.4. The van der Waals surface area contributed by atoms with Crippen LogP contribution in [0.4, 0.5) is 11.4 Å². The molecular formula is C21H25IN4O. The van der Waals surface area contributed by atoms with Crippen molar-refractivity contribution in [3.05, 3.63) is 59.2 Å². The first-order valence-corrected chi connectivity index (χ1v) is 9.27. The van der Waals surface area contributed by atoms with E-state index in [1.165, 1.54) is 24.0 Å². The fraction of sp³-hybridized carbons (Fsp3) is 0.333. The largest absolute Gasteiger partial charge is 0.370 e. The number of guanidine groups is 1. The number of fused-ring (bicyclic) bond motifs is 1. The number of nitrogens with one attached hydrogen (secondary N) is 1. The second-order valence-corrected chi connectivity index (χ2v) is 6.98. The molecule has 0 spiro atoms. The molecule has 1 heterocycles. The predicted octanol–water partition coefficient (Wildman–Crippen LogP) is 3.85. The second-order valence-electron chi connectivity index (χ2n) is 6.98. The zero-order valence-corrected chi connectivity index (χ0v) is 17.6. The number of rotatable bonds is 4. The molecule has 0 saturated carbocycles. The van der Waals surface area contributed by atoms with Crippen LogP contribution in [0.25, 0.3) is 0 Å². The van der Waals surface area contributed by atoms with Gasteiger partial charge in [0.05, 0.1) is 6.54 Å². The van der Waals surface area contributed by atoms with E-state index in [0.29, 0.717) is 18.9 Å². The molecule has 3 N–H and O–H groups in total. The highest BCUT2D eigenvalue weighted by atomic mass is 127. The Labute approximate surface area is 177 Å². The molecule has 1 fully saturated rings. The average Bonchev–Trinajstić information content (AvgIpc) is 3.28. The van der Waals surface area contributed by atoms with Crippen molar-refractivity contribution in [1.29, 1.82) is 0 Å². The maximum Gasteiger partial charge on any atom is 0.227 e. The number of amides is 1. The van der Waals surface area contributed by atoms with Gasteiger partial charge in [-0.1, -0.05) is 18.2 Å². The number of nitrogens with zero attached hydrogens (tertiary/aromatic N) is 2. The SMILES string of the molecule is I.NC(=NCc1cccc(N2CCCC2=O)c1)Nc1ccc2c(c1)CCC2. The third-order valence-corrected chi connectivity index (χ3v) is 5.10. The zero-order chi connectivity index (χ0) is 17.9. The molecule has 1 saturated heterocycles. The lowest BCUT2D eigenvalue weighted by Gasteiger charge is -2.16. The van der Waals surface area contributed by atoms with E-state index in [1.54, 1.807) is 0 Å². The van der Waals surface area contributed by atoms with Gasteiger partial charge in [-0.05, 0) is 66.6 Å². The number of aryl methyl sites for hydroxylation is 2. The molecule has 1 amide bonds. The van der Waals surface area contributed by atoms with E-state index in [1.807, 2.05) is 29.2 Å². The van der Waals surface area contributed by atoms with Crippen molar-refractivity contribution in [2.45, 2.75) is 38.6 Å². The van der Waals surface area contributed by atoms with E-state index in [-0.39, 0.29) is 29.9 Å². The Morgan fingerprint density at radius 1 is 1.07 bits per heavy atom. The summed E-state index contributed by atoms with van der Waals surface area (Å²) in [7, 11) is 0. The molecular weight excluding hydrogens is 451 g/mol. The molecule has 0 bridgehead atoms. The number of hydrogen-bond donors (Lipinski definition) is 2. The van der Waals surface area contributed by atoms with Crippen LogP contribution in [0.3, 0.4) is 0 Å². The summed E-state index contributed by atoms with van der Waals surface area (Å²) in [4.78, 5) is 18.2. The van der Waals surface area contributed by atoms with Crippen molar-refractivity contribution in [3.63, 3.8) is 0 Å². The minimum Gasteiger partial charge on any atom is -0.370 e. The van der Waals surface area contributed by atoms with E-state index < -0.39 is 0 Å². The summed E-state index contributed by atoms with van der Waals surface area (Å²) in [5, 5.41) is 3.18. The van der Waals surface area contributed by atoms with Gasteiger partial charge in [-0.25, -0.2) is 4.99 Å². The molecule has 0 unspecified atom stereocenters. The molecule has 1 aliphatic heterocycles. The van der Waals surface area contributed by atoms with Crippen molar-refractivity contribution in [3.8, 4) is 0 Å². The Hall–Kier alpha value is -2.09. The van der Waals surface area contributed by atoms with E-state index in [2.05, 4.69) is 28.5 Å². The smallest absolute Gasteiger partial charge is 0.227 e. The van der Waals surface area contributed by atoms with Gasteiger partial charge in [0.1, 0.15) is 0 Å².